The van der Waals surface area contributed by atoms with Crippen molar-refractivity contribution in [3.63, 3.8) is 0 Å². The Morgan fingerprint density at radius 3 is 3.06 bits per heavy atom. The molecule has 1 aliphatic rings. The molecule has 0 saturated carbocycles. The minimum atomic E-state index is -0.115. The third kappa shape index (κ3) is 2.43. The van der Waals surface area contributed by atoms with Gasteiger partial charge in [-0.05, 0) is 48.6 Å². The topological polar surface area (TPSA) is 12.0 Å². The highest BCUT2D eigenvalue weighted by atomic mass is 19.1. The van der Waals surface area contributed by atoms with Crippen LogP contribution >= 0.6 is 0 Å². The zero-order chi connectivity index (χ0) is 11.5. The summed E-state index contributed by atoms with van der Waals surface area (Å²) in [7, 11) is 0. The molecule has 1 aromatic rings. The summed E-state index contributed by atoms with van der Waals surface area (Å²) in [4.78, 5) is 0. The van der Waals surface area contributed by atoms with E-state index in [0.29, 0.717) is 12.0 Å². The zero-order valence-electron chi connectivity index (χ0n) is 10.1. The van der Waals surface area contributed by atoms with Crippen LogP contribution < -0.4 is 5.32 Å². The predicted octanol–water partition coefficient (Wildman–Crippen LogP) is 3.45. The lowest BCUT2D eigenvalue weighted by Gasteiger charge is -2.17. The summed E-state index contributed by atoms with van der Waals surface area (Å²) < 4.78 is 13.2. The maximum atomic E-state index is 13.2. The molecule has 88 valence electrons. The molecule has 0 heterocycles. The number of hydrogen-bond donors (Lipinski definition) is 1. The van der Waals surface area contributed by atoms with Gasteiger partial charge in [-0.1, -0.05) is 26.3 Å². The Bertz CT molecular complexity index is 362. The number of aryl methyl sites for hydroxylation is 1. The van der Waals surface area contributed by atoms with E-state index in [1.54, 1.807) is 12.1 Å². The van der Waals surface area contributed by atoms with E-state index in [9.17, 15) is 4.39 Å². The molecular weight excluding hydrogens is 201 g/mol. The third-order valence-electron chi connectivity index (χ3n) is 3.60. The Labute approximate surface area is 97.1 Å². The number of nitrogens with one attached hydrogen (secondary N) is 1. The molecule has 1 aliphatic carbocycles. The molecule has 2 atom stereocenters. The van der Waals surface area contributed by atoms with Crippen molar-refractivity contribution in [1.29, 1.82) is 0 Å². The van der Waals surface area contributed by atoms with E-state index in [4.69, 9.17) is 0 Å². The molecule has 0 aliphatic heterocycles. The van der Waals surface area contributed by atoms with Gasteiger partial charge < -0.3 is 5.32 Å². The number of halogens is 1. The number of benzene rings is 1. The summed E-state index contributed by atoms with van der Waals surface area (Å²) in [5.41, 5.74) is 2.48. The highest BCUT2D eigenvalue weighted by Crippen LogP contribution is 2.31. The van der Waals surface area contributed by atoms with Crippen molar-refractivity contribution < 1.29 is 4.39 Å². The Morgan fingerprint density at radius 1 is 1.50 bits per heavy atom. The standard InChI is InChI=1S/C14H20FN/c1-3-10(2)9-16-14-7-5-11-4-6-12(15)8-13(11)14/h4,6,8,10,14,16H,3,5,7,9H2,1-2H3. The van der Waals surface area contributed by atoms with Crippen LogP contribution in [-0.2, 0) is 6.42 Å². The number of hydrogen-bond acceptors (Lipinski definition) is 1. The number of rotatable bonds is 4. The minimum absolute atomic E-state index is 0.115. The van der Waals surface area contributed by atoms with Crippen molar-refractivity contribution in [2.24, 2.45) is 5.92 Å². The number of fused-ring (bicyclic) bond motifs is 1. The average molecular weight is 221 g/mol. The van der Waals surface area contributed by atoms with E-state index in [0.717, 1.165) is 19.4 Å². The second kappa shape index (κ2) is 4.96. The van der Waals surface area contributed by atoms with Gasteiger partial charge in [-0.3, -0.25) is 0 Å². The molecule has 1 nitrogen and oxygen atoms in total. The molecular formula is C14H20FN. The predicted molar refractivity (Wildman–Crippen MR) is 64.9 cm³/mol. The highest BCUT2D eigenvalue weighted by molar-refractivity contribution is 5.34. The molecule has 16 heavy (non-hydrogen) atoms. The lowest BCUT2D eigenvalue weighted by atomic mass is 10.1. The largest absolute Gasteiger partial charge is 0.310 e. The van der Waals surface area contributed by atoms with E-state index < -0.39 is 0 Å². The first-order chi connectivity index (χ1) is 7.70. The molecule has 1 N–H and O–H groups in total. The van der Waals surface area contributed by atoms with Gasteiger partial charge in [-0.2, -0.15) is 0 Å². The van der Waals surface area contributed by atoms with Crippen LogP contribution in [-0.4, -0.2) is 6.54 Å². The Kier molecular flexibility index (Phi) is 3.59. The zero-order valence-corrected chi connectivity index (χ0v) is 10.1. The average Bonchev–Trinajstić information content (AvgIpc) is 2.68. The second-order valence-corrected chi connectivity index (χ2v) is 4.86. The van der Waals surface area contributed by atoms with Crippen LogP contribution in [0.2, 0.25) is 0 Å². The van der Waals surface area contributed by atoms with Crippen LogP contribution in [0.3, 0.4) is 0 Å². The summed E-state index contributed by atoms with van der Waals surface area (Å²) in [5.74, 6) is 0.577. The first kappa shape index (κ1) is 11.6. The van der Waals surface area contributed by atoms with Crippen molar-refractivity contribution in [3.05, 3.63) is 35.1 Å². The summed E-state index contributed by atoms with van der Waals surface area (Å²) in [5, 5.41) is 3.55. The maximum absolute atomic E-state index is 13.2. The molecule has 2 unspecified atom stereocenters. The maximum Gasteiger partial charge on any atom is 0.123 e. The SMILES string of the molecule is CCC(C)CNC1CCc2ccc(F)cc21. The van der Waals surface area contributed by atoms with E-state index in [1.165, 1.54) is 17.5 Å². The third-order valence-corrected chi connectivity index (χ3v) is 3.60. The molecule has 0 fully saturated rings. The fourth-order valence-electron chi connectivity index (χ4n) is 2.27. The summed E-state index contributed by atoms with van der Waals surface area (Å²) >= 11 is 0. The minimum Gasteiger partial charge on any atom is -0.310 e. The van der Waals surface area contributed by atoms with Crippen molar-refractivity contribution in [2.45, 2.75) is 39.2 Å². The molecule has 1 aromatic carbocycles. The van der Waals surface area contributed by atoms with Crippen LogP contribution in [0.1, 0.15) is 43.9 Å². The van der Waals surface area contributed by atoms with E-state index in [2.05, 4.69) is 19.2 Å². The molecule has 0 amide bonds. The molecule has 0 spiro atoms. The molecule has 0 saturated heterocycles. The molecule has 0 bridgehead atoms. The van der Waals surface area contributed by atoms with Crippen molar-refractivity contribution >= 4 is 0 Å². The van der Waals surface area contributed by atoms with Gasteiger partial charge in [0.2, 0.25) is 0 Å². The van der Waals surface area contributed by atoms with E-state index in [-0.39, 0.29) is 5.82 Å². The first-order valence-electron chi connectivity index (χ1n) is 6.22. The lowest BCUT2D eigenvalue weighted by Crippen LogP contribution is -2.24. The molecule has 0 aromatic heterocycles. The molecule has 2 heteroatoms. The van der Waals surface area contributed by atoms with Gasteiger partial charge >= 0.3 is 0 Å². The molecule has 0 radical (unpaired) electrons. The smallest absolute Gasteiger partial charge is 0.123 e. The van der Waals surface area contributed by atoms with Crippen LogP contribution in [0, 0.1) is 11.7 Å². The Hall–Kier alpha value is -0.890. The Balaban J connectivity index is 2.02. The summed E-state index contributed by atoms with van der Waals surface area (Å²) in [6, 6.07) is 5.54. The molecule has 2 rings (SSSR count). The van der Waals surface area contributed by atoms with Gasteiger partial charge in [0.1, 0.15) is 5.82 Å². The van der Waals surface area contributed by atoms with Gasteiger partial charge in [0, 0.05) is 6.04 Å². The van der Waals surface area contributed by atoms with E-state index >= 15 is 0 Å². The van der Waals surface area contributed by atoms with Crippen LogP contribution in [0.15, 0.2) is 18.2 Å². The van der Waals surface area contributed by atoms with Crippen molar-refractivity contribution in [1.82, 2.24) is 5.32 Å². The normalized spacial score (nSPS) is 20.8. The van der Waals surface area contributed by atoms with Gasteiger partial charge in [-0.15, -0.1) is 0 Å². The van der Waals surface area contributed by atoms with Crippen LogP contribution in [0.4, 0.5) is 4.39 Å². The van der Waals surface area contributed by atoms with Crippen LogP contribution in [0.25, 0.3) is 0 Å². The van der Waals surface area contributed by atoms with Gasteiger partial charge in [0.05, 0.1) is 0 Å². The Morgan fingerprint density at radius 2 is 2.31 bits per heavy atom. The van der Waals surface area contributed by atoms with Gasteiger partial charge in [-0.25, -0.2) is 4.39 Å². The monoisotopic (exact) mass is 221 g/mol. The quantitative estimate of drug-likeness (QED) is 0.821. The first-order valence-corrected chi connectivity index (χ1v) is 6.22. The summed E-state index contributed by atoms with van der Waals surface area (Å²) in [6.45, 7) is 5.47. The van der Waals surface area contributed by atoms with Gasteiger partial charge in [0.15, 0.2) is 0 Å². The second-order valence-electron chi connectivity index (χ2n) is 4.86. The fourth-order valence-corrected chi connectivity index (χ4v) is 2.27. The van der Waals surface area contributed by atoms with E-state index in [1.807, 2.05) is 6.07 Å². The van der Waals surface area contributed by atoms with Crippen LogP contribution in [0.5, 0.6) is 0 Å². The van der Waals surface area contributed by atoms with Gasteiger partial charge in [0.25, 0.3) is 0 Å². The summed E-state index contributed by atoms with van der Waals surface area (Å²) in [6.07, 6.45) is 3.37. The highest BCUT2D eigenvalue weighted by Gasteiger charge is 2.22. The lowest BCUT2D eigenvalue weighted by molar-refractivity contribution is 0.442. The fraction of sp³-hybridized carbons (Fsp3) is 0.571. The van der Waals surface area contributed by atoms with Crippen molar-refractivity contribution in [3.8, 4) is 0 Å². The van der Waals surface area contributed by atoms with Crippen molar-refractivity contribution in [2.75, 3.05) is 6.54 Å².